The van der Waals surface area contributed by atoms with Gasteiger partial charge in [-0.25, -0.2) is 4.98 Å². The van der Waals surface area contributed by atoms with Gasteiger partial charge in [0.1, 0.15) is 0 Å². The summed E-state index contributed by atoms with van der Waals surface area (Å²) in [4.78, 5) is 15.2. The van der Waals surface area contributed by atoms with E-state index in [1.54, 1.807) is 7.11 Å². The third-order valence-corrected chi connectivity index (χ3v) is 6.71. The lowest BCUT2D eigenvalue weighted by Crippen LogP contribution is -2.47. The van der Waals surface area contributed by atoms with Gasteiger partial charge < -0.3 is 9.64 Å². The van der Waals surface area contributed by atoms with Crippen LogP contribution in [0.5, 0.6) is 5.88 Å². The molecule has 1 aromatic heterocycles. The average molecular weight is 425 g/mol. The Balaban J connectivity index is 2.05. The molecule has 0 amide bonds. The van der Waals surface area contributed by atoms with E-state index in [-0.39, 0.29) is 0 Å². The van der Waals surface area contributed by atoms with Gasteiger partial charge in [-0.05, 0) is 43.9 Å². The molecule has 1 aromatic carbocycles. The molecular formula is C26H40N4O. The number of rotatable bonds is 9. The standard InChI is InChI=1S/C26H40N4O/c1-7-12-22(30-17-15-29(10-4)16-18-30)23-19(5)27-25(28-26(23)31-6)24-20(8-2)13-11-14-21(24)9-3/h11,13-14,22H,7-10,12,15-18H2,1-6H3. The maximum Gasteiger partial charge on any atom is 0.221 e. The molecule has 3 rings (SSSR count). The molecule has 5 heteroatoms. The molecule has 2 aromatic rings. The molecule has 1 atom stereocenters. The molecule has 1 aliphatic heterocycles. The van der Waals surface area contributed by atoms with Crippen LogP contribution in [-0.4, -0.2) is 59.6 Å². The van der Waals surface area contributed by atoms with E-state index in [4.69, 9.17) is 14.7 Å². The minimum absolute atomic E-state index is 0.306. The lowest BCUT2D eigenvalue weighted by atomic mass is 9.95. The normalized spacial score (nSPS) is 16.5. The Labute approximate surface area is 188 Å². The molecule has 0 bridgehead atoms. The molecule has 2 heterocycles. The number of hydrogen-bond acceptors (Lipinski definition) is 5. The highest BCUT2D eigenvalue weighted by atomic mass is 16.5. The average Bonchev–Trinajstić information content (AvgIpc) is 2.81. The fraction of sp³-hybridized carbons (Fsp3) is 0.615. The summed E-state index contributed by atoms with van der Waals surface area (Å²) in [5.74, 6) is 1.55. The fourth-order valence-corrected chi connectivity index (χ4v) is 4.91. The Morgan fingerprint density at radius 2 is 1.61 bits per heavy atom. The lowest BCUT2D eigenvalue weighted by Gasteiger charge is -2.39. The first-order valence-electron chi connectivity index (χ1n) is 12.1. The molecule has 170 valence electrons. The van der Waals surface area contributed by atoms with E-state index in [9.17, 15) is 0 Å². The molecule has 31 heavy (non-hydrogen) atoms. The third-order valence-electron chi connectivity index (χ3n) is 6.71. The van der Waals surface area contributed by atoms with Gasteiger partial charge in [-0.3, -0.25) is 4.90 Å². The second-order valence-corrected chi connectivity index (χ2v) is 8.49. The minimum atomic E-state index is 0.306. The molecule has 0 N–H and O–H groups in total. The second-order valence-electron chi connectivity index (χ2n) is 8.49. The number of aryl methyl sites for hydroxylation is 3. The smallest absolute Gasteiger partial charge is 0.221 e. The van der Waals surface area contributed by atoms with E-state index in [0.29, 0.717) is 6.04 Å². The van der Waals surface area contributed by atoms with Crippen LogP contribution in [0.15, 0.2) is 18.2 Å². The Morgan fingerprint density at radius 3 is 2.13 bits per heavy atom. The quantitative estimate of drug-likeness (QED) is 0.562. The van der Waals surface area contributed by atoms with Gasteiger partial charge in [0, 0.05) is 37.8 Å². The van der Waals surface area contributed by atoms with E-state index in [1.165, 1.54) is 22.3 Å². The van der Waals surface area contributed by atoms with Crippen LogP contribution < -0.4 is 4.74 Å². The van der Waals surface area contributed by atoms with E-state index < -0.39 is 0 Å². The Hall–Kier alpha value is -1.98. The van der Waals surface area contributed by atoms with Crippen molar-refractivity contribution in [3.63, 3.8) is 0 Å². The Morgan fingerprint density at radius 1 is 0.968 bits per heavy atom. The van der Waals surface area contributed by atoms with Crippen LogP contribution in [0.1, 0.15) is 69.0 Å². The van der Waals surface area contributed by atoms with Crippen LogP contribution in [-0.2, 0) is 12.8 Å². The zero-order chi connectivity index (χ0) is 22.4. The monoisotopic (exact) mass is 424 g/mol. The zero-order valence-corrected chi connectivity index (χ0v) is 20.4. The van der Waals surface area contributed by atoms with E-state index in [1.807, 2.05) is 0 Å². The molecule has 1 saturated heterocycles. The van der Waals surface area contributed by atoms with Gasteiger partial charge in [-0.2, -0.15) is 4.98 Å². The van der Waals surface area contributed by atoms with Crippen molar-refractivity contribution in [2.75, 3.05) is 39.8 Å². The second kappa shape index (κ2) is 11.1. The molecular weight excluding hydrogens is 384 g/mol. The van der Waals surface area contributed by atoms with E-state index in [2.05, 4.69) is 62.6 Å². The van der Waals surface area contributed by atoms with Crippen molar-refractivity contribution in [1.82, 2.24) is 19.8 Å². The van der Waals surface area contributed by atoms with Crippen LogP contribution in [0.2, 0.25) is 0 Å². The first kappa shape index (κ1) is 23.7. The molecule has 0 saturated carbocycles. The molecule has 1 unspecified atom stereocenters. The summed E-state index contributed by atoms with van der Waals surface area (Å²) in [5, 5.41) is 0. The molecule has 5 nitrogen and oxygen atoms in total. The molecule has 0 radical (unpaired) electrons. The third kappa shape index (κ3) is 5.09. The first-order chi connectivity index (χ1) is 15.1. The summed E-state index contributed by atoms with van der Waals surface area (Å²) in [6.45, 7) is 16.6. The number of methoxy groups -OCH3 is 1. The number of ether oxygens (including phenoxy) is 1. The van der Waals surface area contributed by atoms with Gasteiger partial charge in [0.15, 0.2) is 5.82 Å². The SMILES string of the molecule is CCCC(c1c(C)nc(-c2c(CC)cccc2CC)nc1OC)N1CCN(CC)CC1. The summed E-state index contributed by atoms with van der Waals surface area (Å²) in [6, 6.07) is 6.84. The minimum Gasteiger partial charge on any atom is -0.481 e. The summed E-state index contributed by atoms with van der Waals surface area (Å²) in [5.41, 5.74) is 6.00. The van der Waals surface area contributed by atoms with Gasteiger partial charge in [0.25, 0.3) is 0 Å². The van der Waals surface area contributed by atoms with Crippen molar-refractivity contribution >= 4 is 0 Å². The molecule has 1 aliphatic rings. The fourth-order valence-electron chi connectivity index (χ4n) is 4.91. The first-order valence-corrected chi connectivity index (χ1v) is 12.1. The van der Waals surface area contributed by atoms with Crippen molar-refractivity contribution in [2.24, 2.45) is 0 Å². The zero-order valence-electron chi connectivity index (χ0n) is 20.4. The van der Waals surface area contributed by atoms with Gasteiger partial charge in [0.2, 0.25) is 5.88 Å². The maximum atomic E-state index is 5.91. The highest BCUT2D eigenvalue weighted by Gasteiger charge is 2.29. The number of likely N-dealkylation sites (N-methyl/N-ethyl adjacent to an activating group) is 1. The number of benzene rings is 1. The number of aromatic nitrogens is 2. The van der Waals surface area contributed by atoms with Crippen LogP contribution in [0, 0.1) is 6.92 Å². The lowest BCUT2D eigenvalue weighted by molar-refractivity contribution is 0.0927. The van der Waals surface area contributed by atoms with Crippen LogP contribution in [0.4, 0.5) is 0 Å². The van der Waals surface area contributed by atoms with Gasteiger partial charge >= 0.3 is 0 Å². The highest BCUT2D eigenvalue weighted by Crippen LogP contribution is 2.37. The van der Waals surface area contributed by atoms with Crippen molar-refractivity contribution < 1.29 is 4.74 Å². The van der Waals surface area contributed by atoms with E-state index in [0.717, 1.165) is 75.8 Å². The largest absolute Gasteiger partial charge is 0.481 e. The van der Waals surface area contributed by atoms with Crippen LogP contribution in [0.25, 0.3) is 11.4 Å². The Bertz CT molecular complexity index is 836. The van der Waals surface area contributed by atoms with Gasteiger partial charge in [-0.1, -0.05) is 52.3 Å². The Kier molecular flexibility index (Phi) is 8.44. The summed E-state index contributed by atoms with van der Waals surface area (Å²) in [6.07, 6.45) is 4.16. The number of piperazine rings is 1. The van der Waals surface area contributed by atoms with E-state index >= 15 is 0 Å². The van der Waals surface area contributed by atoms with Crippen molar-refractivity contribution in [3.05, 3.63) is 40.6 Å². The maximum absolute atomic E-state index is 5.91. The topological polar surface area (TPSA) is 41.5 Å². The predicted octanol–water partition coefficient (Wildman–Crippen LogP) is 5.06. The predicted molar refractivity (Wildman–Crippen MR) is 129 cm³/mol. The summed E-state index contributed by atoms with van der Waals surface area (Å²) in [7, 11) is 1.75. The number of hydrogen-bond donors (Lipinski definition) is 0. The van der Waals surface area contributed by atoms with Gasteiger partial charge in [0.05, 0.1) is 18.4 Å². The molecule has 1 fully saturated rings. The van der Waals surface area contributed by atoms with Crippen LogP contribution >= 0.6 is 0 Å². The van der Waals surface area contributed by atoms with Crippen LogP contribution in [0.3, 0.4) is 0 Å². The van der Waals surface area contributed by atoms with Crippen molar-refractivity contribution in [1.29, 1.82) is 0 Å². The van der Waals surface area contributed by atoms with Crippen molar-refractivity contribution in [3.8, 4) is 17.3 Å². The number of nitrogens with zero attached hydrogens (tertiary/aromatic N) is 4. The van der Waals surface area contributed by atoms with Crippen molar-refractivity contribution in [2.45, 2.75) is 66.3 Å². The summed E-state index contributed by atoms with van der Waals surface area (Å²) < 4.78 is 5.91. The summed E-state index contributed by atoms with van der Waals surface area (Å²) >= 11 is 0. The molecule has 0 spiro atoms. The highest BCUT2D eigenvalue weighted by molar-refractivity contribution is 5.66. The van der Waals surface area contributed by atoms with Gasteiger partial charge in [-0.15, -0.1) is 0 Å². The molecule has 0 aliphatic carbocycles.